The van der Waals surface area contributed by atoms with Gasteiger partial charge in [0.05, 0.1) is 0 Å². The molecule has 2 fully saturated rings. The van der Waals surface area contributed by atoms with Crippen LogP contribution in [0.2, 0.25) is 0 Å². The van der Waals surface area contributed by atoms with Gasteiger partial charge in [0, 0.05) is 31.2 Å². The summed E-state index contributed by atoms with van der Waals surface area (Å²) in [6.45, 7) is 11.6. The monoisotopic (exact) mass is 266 g/mol. The first-order valence-corrected chi connectivity index (χ1v) is 8.57. The number of hydrogen-bond donors (Lipinski definition) is 1. The fourth-order valence-electron chi connectivity index (χ4n) is 3.92. The highest BCUT2D eigenvalue weighted by molar-refractivity contribution is 4.88. The molecule has 2 atom stereocenters. The summed E-state index contributed by atoms with van der Waals surface area (Å²) in [5.41, 5.74) is 0. The van der Waals surface area contributed by atoms with Crippen molar-refractivity contribution in [1.29, 1.82) is 0 Å². The van der Waals surface area contributed by atoms with E-state index in [1.807, 2.05) is 0 Å². The summed E-state index contributed by atoms with van der Waals surface area (Å²) in [5.74, 6) is 2.16. The third-order valence-corrected chi connectivity index (χ3v) is 5.13. The lowest BCUT2D eigenvalue weighted by Crippen LogP contribution is -2.44. The van der Waals surface area contributed by atoms with E-state index in [1.54, 1.807) is 0 Å². The molecule has 0 aromatic carbocycles. The molecule has 2 unspecified atom stereocenters. The van der Waals surface area contributed by atoms with Gasteiger partial charge >= 0.3 is 0 Å². The molecule has 0 spiro atoms. The summed E-state index contributed by atoms with van der Waals surface area (Å²) < 4.78 is 0. The van der Waals surface area contributed by atoms with E-state index in [-0.39, 0.29) is 0 Å². The van der Waals surface area contributed by atoms with Crippen LogP contribution in [0.15, 0.2) is 0 Å². The maximum Gasteiger partial charge on any atom is 0.0112 e. The van der Waals surface area contributed by atoms with Crippen LogP contribution in [0.4, 0.5) is 0 Å². The zero-order valence-electron chi connectivity index (χ0n) is 13.5. The van der Waals surface area contributed by atoms with E-state index in [0.717, 1.165) is 17.9 Å². The fraction of sp³-hybridized carbons (Fsp3) is 1.00. The van der Waals surface area contributed by atoms with Crippen molar-refractivity contribution in [3.63, 3.8) is 0 Å². The van der Waals surface area contributed by atoms with Crippen LogP contribution in [0.3, 0.4) is 0 Å². The van der Waals surface area contributed by atoms with Gasteiger partial charge in [0.2, 0.25) is 0 Å². The van der Waals surface area contributed by atoms with Crippen LogP contribution in [0.5, 0.6) is 0 Å². The minimum absolute atomic E-state index is 0.660. The van der Waals surface area contributed by atoms with E-state index in [0.29, 0.717) is 12.1 Å². The topological polar surface area (TPSA) is 15.3 Å². The predicted molar refractivity (Wildman–Crippen MR) is 83.5 cm³/mol. The molecule has 2 aliphatic rings. The van der Waals surface area contributed by atoms with Gasteiger partial charge in [-0.3, -0.25) is 4.90 Å². The number of nitrogens with zero attached hydrogens (tertiary/aromatic N) is 1. The van der Waals surface area contributed by atoms with Crippen LogP contribution in [0.25, 0.3) is 0 Å². The Kier molecular flexibility index (Phi) is 5.70. The molecule has 0 amide bonds. The van der Waals surface area contributed by atoms with Crippen molar-refractivity contribution >= 4 is 0 Å². The largest absolute Gasteiger partial charge is 0.313 e. The summed E-state index contributed by atoms with van der Waals surface area (Å²) in [7, 11) is 0. The van der Waals surface area contributed by atoms with Crippen LogP contribution in [-0.4, -0.2) is 36.1 Å². The van der Waals surface area contributed by atoms with Crippen LogP contribution in [0, 0.1) is 11.8 Å². The molecule has 2 aliphatic carbocycles. The quantitative estimate of drug-likeness (QED) is 0.756. The zero-order chi connectivity index (χ0) is 13.8. The van der Waals surface area contributed by atoms with E-state index in [1.165, 1.54) is 51.6 Å². The second kappa shape index (κ2) is 7.08. The van der Waals surface area contributed by atoms with Crippen LogP contribution in [0.1, 0.15) is 66.2 Å². The lowest BCUT2D eigenvalue weighted by molar-refractivity contribution is 0.168. The molecule has 0 radical (unpaired) electrons. The Bertz CT molecular complexity index is 250. The van der Waals surface area contributed by atoms with Crippen molar-refractivity contribution in [1.82, 2.24) is 10.2 Å². The van der Waals surface area contributed by atoms with E-state index < -0.39 is 0 Å². The molecule has 19 heavy (non-hydrogen) atoms. The predicted octanol–water partition coefficient (Wildman–Crippen LogP) is 3.66. The van der Waals surface area contributed by atoms with Gasteiger partial charge in [-0.2, -0.15) is 0 Å². The van der Waals surface area contributed by atoms with Crippen LogP contribution < -0.4 is 5.32 Å². The minimum atomic E-state index is 0.660. The van der Waals surface area contributed by atoms with Gasteiger partial charge < -0.3 is 5.32 Å². The SMILES string of the molecule is CC(C)N(CCNC1CCCC(C2CC2)C1)C(C)C. The molecule has 0 aromatic heterocycles. The maximum absolute atomic E-state index is 3.83. The first-order valence-electron chi connectivity index (χ1n) is 8.57. The van der Waals surface area contributed by atoms with Gasteiger partial charge in [0.25, 0.3) is 0 Å². The summed E-state index contributed by atoms with van der Waals surface area (Å²) >= 11 is 0. The Morgan fingerprint density at radius 1 is 0.947 bits per heavy atom. The molecular weight excluding hydrogens is 232 g/mol. The number of nitrogens with one attached hydrogen (secondary N) is 1. The highest BCUT2D eigenvalue weighted by Gasteiger charge is 2.34. The lowest BCUT2D eigenvalue weighted by atomic mass is 9.83. The second-order valence-electron chi connectivity index (χ2n) is 7.34. The van der Waals surface area contributed by atoms with Crippen molar-refractivity contribution in [2.75, 3.05) is 13.1 Å². The van der Waals surface area contributed by atoms with E-state index in [4.69, 9.17) is 0 Å². The Hall–Kier alpha value is -0.0800. The molecule has 0 saturated heterocycles. The first kappa shape index (κ1) is 15.3. The smallest absolute Gasteiger partial charge is 0.0112 e. The Labute approximate surface area is 120 Å². The van der Waals surface area contributed by atoms with Gasteiger partial charge in [-0.05, 0) is 65.2 Å². The first-order chi connectivity index (χ1) is 9.08. The average molecular weight is 266 g/mol. The molecule has 2 saturated carbocycles. The van der Waals surface area contributed by atoms with E-state index in [2.05, 4.69) is 37.9 Å². The summed E-state index contributed by atoms with van der Waals surface area (Å²) in [4.78, 5) is 2.59. The lowest BCUT2D eigenvalue weighted by Gasteiger charge is -2.33. The van der Waals surface area contributed by atoms with Gasteiger partial charge in [-0.25, -0.2) is 0 Å². The molecule has 0 aliphatic heterocycles. The van der Waals surface area contributed by atoms with Gasteiger partial charge in [-0.1, -0.05) is 12.8 Å². The fourth-order valence-corrected chi connectivity index (χ4v) is 3.92. The number of rotatable bonds is 7. The van der Waals surface area contributed by atoms with Gasteiger partial charge in [0.15, 0.2) is 0 Å². The second-order valence-corrected chi connectivity index (χ2v) is 7.34. The standard InChI is InChI=1S/C17H34N2/c1-13(2)19(14(3)4)11-10-18-17-7-5-6-16(12-17)15-8-9-15/h13-18H,5-12H2,1-4H3. The Morgan fingerprint density at radius 2 is 1.63 bits per heavy atom. The third-order valence-electron chi connectivity index (χ3n) is 5.13. The van der Waals surface area contributed by atoms with Gasteiger partial charge in [-0.15, -0.1) is 0 Å². The molecule has 1 N–H and O–H groups in total. The summed E-state index contributed by atoms with van der Waals surface area (Å²) in [5, 5.41) is 3.83. The highest BCUT2D eigenvalue weighted by atomic mass is 15.2. The van der Waals surface area contributed by atoms with Crippen molar-refractivity contribution < 1.29 is 0 Å². The molecule has 112 valence electrons. The normalized spacial score (nSPS) is 28.6. The summed E-state index contributed by atoms with van der Waals surface area (Å²) in [6, 6.07) is 2.13. The van der Waals surface area contributed by atoms with Crippen LogP contribution in [-0.2, 0) is 0 Å². The van der Waals surface area contributed by atoms with Crippen molar-refractivity contribution in [3.8, 4) is 0 Å². The van der Waals surface area contributed by atoms with Crippen LogP contribution >= 0.6 is 0 Å². The molecule has 0 bridgehead atoms. The highest BCUT2D eigenvalue weighted by Crippen LogP contribution is 2.43. The molecule has 2 heteroatoms. The molecule has 0 heterocycles. The van der Waals surface area contributed by atoms with Gasteiger partial charge in [0.1, 0.15) is 0 Å². The Morgan fingerprint density at radius 3 is 2.21 bits per heavy atom. The Balaban J connectivity index is 1.66. The van der Waals surface area contributed by atoms with Crippen molar-refractivity contribution in [2.45, 2.75) is 84.3 Å². The van der Waals surface area contributed by atoms with E-state index >= 15 is 0 Å². The van der Waals surface area contributed by atoms with Crippen molar-refractivity contribution in [3.05, 3.63) is 0 Å². The average Bonchev–Trinajstić information content (AvgIpc) is 3.18. The molecule has 2 rings (SSSR count). The molecule has 0 aromatic rings. The third kappa shape index (κ3) is 4.75. The van der Waals surface area contributed by atoms with E-state index in [9.17, 15) is 0 Å². The summed E-state index contributed by atoms with van der Waals surface area (Å²) in [6.07, 6.45) is 8.86. The van der Waals surface area contributed by atoms with Crippen molar-refractivity contribution in [2.24, 2.45) is 11.8 Å². The number of hydrogen-bond acceptors (Lipinski definition) is 2. The minimum Gasteiger partial charge on any atom is -0.313 e. The maximum atomic E-state index is 3.83. The molecular formula is C17H34N2. The molecule has 2 nitrogen and oxygen atoms in total. The zero-order valence-corrected chi connectivity index (χ0v) is 13.5.